The number of aliphatic hydroxyl groups excluding tert-OH is 1. The van der Waals surface area contributed by atoms with Crippen LogP contribution in [0.1, 0.15) is 68.7 Å². The Bertz CT molecular complexity index is 1580. The number of nitrogens with one attached hydrogen (secondary N) is 2. The first-order chi connectivity index (χ1) is 23.4. The fourth-order valence-corrected chi connectivity index (χ4v) is 7.99. The molecule has 9 nitrogen and oxygen atoms in total. The summed E-state index contributed by atoms with van der Waals surface area (Å²) in [6, 6.07) is 15.6. The Labute approximate surface area is 289 Å². The highest BCUT2D eigenvalue weighted by molar-refractivity contribution is 7.92. The van der Waals surface area contributed by atoms with Crippen LogP contribution in [-0.4, -0.2) is 66.1 Å². The van der Waals surface area contributed by atoms with Gasteiger partial charge in [0, 0.05) is 25.7 Å². The van der Waals surface area contributed by atoms with E-state index in [-0.39, 0.29) is 25.1 Å². The molecule has 3 aromatic carbocycles. The molecule has 0 aliphatic carbocycles. The maximum absolute atomic E-state index is 14.3. The van der Waals surface area contributed by atoms with Gasteiger partial charge in [0.1, 0.15) is 11.6 Å². The summed E-state index contributed by atoms with van der Waals surface area (Å²) in [7, 11) is -3.85. The van der Waals surface area contributed by atoms with Gasteiger partial charge < -0.3 is 21.5 Å². The number of halogens is 2. The molecule has 0 saturated carbocycles. The number of amides is 3. The minimum atomic E-state index is -3.85. The highest BCUT2D eigenvalue weighted by Crippen LogP contribution is 2.20. The van der Waals surface area contributed by atoms with E-state index in [9.17, 15) is 31.9 Å². The topological polar surface area (TPSA) is 142 Å². The number of aryl methyl sites for hydroxylation is 1. The van der Waals surface area contributed by atoms with Crippen molar-refractivity contribution in [3.8, 4) is 0 Å². The average molecular weight is 701 g/mol. The van der Waals surface area contributed by atoms with Gasteiger partial charge in [-0.25, -0.2) is 22.0 Å². The molecule has 0 heterocycles. The van der Waals surface area contributed by atoms with E-state index in [2.05, 4.69) is 10.6 Å². The second kappa shape index (κ2) is 19.5. The smallest absolute Gasteiger partial charge is 0.324 e. The van der Waals surface area contributed by atoms with Crippen LogP contribution in [0.3, 0.4) is 0 Å². The summed E-state index contributed by atoms with van der Waals surface area (Å²) in [4.78, 5) is 28.8. The lowest BCUT2D eigenvalue weighted by Gasteiger charge is -2.35. The molecule has 0 aromatic heterocycles. The zero-order chi connectivity index (χ0) is 36.0. The van der Waals surface area contributed by atoms with E-state index in [0.717, 1.165) is 40.1 Å². The van der Waals surface area contributed by atoms with Crippen molar-refractivity contribution in [1.82, 2.24) is 15.5 Å². The largest absolute Gasteiger partial charge is 0.390 e. The van der Waals surface area contributed by atoms with Crippen molar-refractivity contribution in [2.24, 2.45) is 5.73 Å². The van der Waals surface area contributed by atoms with Crippen LogP contribution in [0, 0.1) is 11.6 Å². The van der Waals surface area contributed by atoms with Gasteiger partial charge in [0.2, 0.25) is 5.91 Å². The highest BCUT2D eigenvalue weighted by Gasteiger charge is 2.39. The molecule has 3 aromatic rings. The van der Waals surface area contributed by atoms with Gasteiger partial charge in [-0.3, -0.25) is 9.69 Å². The van der Waals surface area contributed by atoms with Crippen LogP contribution in [0.2, 0.25) is 0 Å². The van der Waals surface area contributed by atoms with Crippen molar-refractivity contribution in [2.45, 2.75) is 95.8 Å². The molecular weight excluding hydrogens is 650 g/mol. The number of rotatable bonds is 19. The van der Waals surface area contributed by atoms with Gasteiger partial charge in [-0.15, -0.1) is 0 Å². The minimum absolute atomic E-state index is 0.00942. The molecule has 0 fully saturated rings. The number of benzene rings is 3. The van der Waals surface area contributed by atoms with Crippen LogP contribution in [0.5, 0.6) is 0 Å². The van der Waals surface area contributed by atoms with Crippen molar-refractivity contribution in [2.75, 3.05) is 12.3 Å². The maximum Gasteiger partial charge on any atom is 0.324 e. The van der Waals surface area contributed by atoms with Crippen molar-refractivity contribution >= 4 is 21.8 Å². The fraction of sp³-hybridized carbons (Fsp3) is 0.459. The summed E-state index contributed by atoms with van der Waals surface area (Å²) in [5.74, 6) is -3.48. The molecule has 5 N–H and O–H groups in total. The molecule has 3 atom stereocenters. The third kappa shape index (κ3) is 12.3. The van der Waals surface area contributed by atoms with Crippen LogP contribution in [0.4, 0.5) is 13.6 Å². The summed E-state index contributed by atoms with van der Waals surface area (Å²) in [5, 5.41) is 16.7. The highest BCUT2D eigenvalue weighted by atomic mass is 32.2. The number of carbonyl (C=O) groups is 2. The molecule has 0 spiro atoms. The molecule has 0 radical (unpaired) electrons. The monoisotopic (exact) mass is 700 g/mol. The lowest BCUT2D eigenvalue weighted by atomic mass is 9.98. The van der Waals surface area contributed by atoms with Gasteiger partial charge in [-0.1, -0.05) is 88.2 Å². The van der Waals surface area contributed by atoms with E-state index in [1.54, 1.807) is 30.3 Å². The lowest BCUT2D eigenvalue weighted by molar-refractivity contribution is -0.133. The molecule has 0 aliphatic heterocycles. The molecule has 12 heteroatoms. The van der Waals surface area contributed by atoms with Gasteiger partial charge in [0.05, 0.1) is 29.2 Å². The zero-order valence-electron chi connectivity index (χ0n) is 28.6. The molecule has 0 bridgehead atoms. The number of nitrogens with zero attached hydrogens (tertiary/aromatic N) is 1. The number of nitrogens with two attached hydrogens (primary N) is 1. The molecule has 3 amide bonds. The number of aliphatic hydroxyl groups is 1. The van der Waals surface area contributed by atoms with Gasteiger partial charge in [-0.05, 0) is 60.1 Å². The van der Waals surface area contributed by atoms with Crippen LogP contribution in [0.25, 0.3) is 0 Å². The van der Waals surface area contributed by atoms with Crippen LogP contribution in [-0.2, 0) is 40.6 Å². The van der Waals surface area contributed by atoms with Crippen molar-refractivity contribution in [3.05, 3.63) is 107 Å². The normalized spacial score (nSPS) is 13.6. The van der Waals surface area contributed by atoms with Gasteiger partial charge in [-0.2, -0.15) is 0 Å². The molecule has 0 aliphatic rings. The van der Waals surface area contributed by atoms with Crippen LogP contribution < -0.4 is 16.4 Å². The lowest BCUT2D eigenvalue weighted by Crippen LogP contribution is -2.61. The number of sulfone groups is 1. The predicted octanol–water partition coefficient (Wildman–Crippen LogP) is 5.04. The first kappa shape index (κ1) is 39.7. The van der Waals surface area contributed by atoms with E-state index in [1.807, 2.05) is 45.0 Å². The Morgan fingerprint density at radius 2 is 1.45 bits per heavy atom. The van der Waals surface area contributed by atoms with Crippen molar-refractivity contribution in [3.63, 3.8) is 0 Å². The maximum atomic E-state index is 14.3. The molecule has 0 saturated heterocycles. The molecular formula is C37H50F2N4O5S. The summed E-state index contributed by atoms with van der Waals surface area (Å²) >= 11 is 0. The number of imide groups is 1. The standard InChI is InChI=1S/C37H50F2N4O5S/c1-4-11-32(12-5-2)49(47,48)25-33(40)36(45)43(37(46)42-23-27-13-8-7-9-14-27)34(20-29-18-30(38)21-31(39)19-29)35(44)24-41-22-28-16-10-15-26(6-3)17-28/h7-10,13-19,21,32-35,41,44H,4-6,11-12,20,22-25,40H2,1-3H3,(H,42,46)/t33?,34-,35+/m0/s1. The summed E-state index contributed by atoms with van der Waals surface area (Å²) in [6.07, 6.45) is 1.11. The first-order valence-electron chi connectivity index (χ1n) is 16.9. The summed E-state index contributed by atoms with van der Waals surface area (Å²) in [5.41, 5.74) is 9.17. The van der Waals surface area contributed by atoms with Crippen molar-refractivity contribution in [1.29, 1.82) is 0 Å². The van der Waals surface area contributed by atoms with E-state index < -0.39 is 62.6 Å². The van der Waals surface area contributed by atoms with E-state index in [0.29, 0.717) is 38.3 Å². The average Bonchev–Trinajstić information content (AvgIpc) is 3.06. The van der Waals surface area contributed by atoms with E-state index in [4.69, 9.17) is 5.73 Å². The van der Waals surface area contributed by atoms with Crippen molar-refractivity contribution < 1.29 is 31.9 Å². The fourth-order valence-electron chi connectivity index (χ4n) is 5.89. The number of carbonyl (C=O) groups excluding carboxylic acids is 2. The van der Waals surface area contributed by atoms with Crippen LogP contribution in [0.15, 0.2) is 72.8 Å². The number of urea groups is 1. The summed E-state index contributed by atoms with van der Waals surface area (Å²) < 4.78 is 55.5. The first-order valence-corrected chi connectivity index (χ1v) is 18.6. The minimum Gasteiger partial charge on any atom is -0.390 e. The van der Waals surface area contributed by atoms with Gasteiger partial charge in [0.25, 0.3) is 0 Å². The molecule has 49 heavy (non-hydrogen) atoms. The third-order valence-corrected chi connectivity index (χ3v) is 10.7. The SMILES string of the molecule is CCCC(CCC)S(=O)(=O)CC(N)C(=O)N(C(=O)NCc1ccccc1)[C@@H](Cc1cc(F)cc(F)c1)[C@H](O)CNCc1cccc(CC)c1. The Balaban J connectivity index is 1.98. The second-order valence-electron chi connectivity index (χ2n) is 12.4. The van der Waals surface area contributed by atoms with Gasteiger partial charge in [0.15, 0.2) is 9.84 Å². The predicted molar refractivity (Wildman–Crippen MR) is 188 cm³/mol. The Morgan fingerprint density at radius 1 is 0.837 bits per heavy atom. The van der Waals surface area contributed by atoms with Crippen LogP contribution >= 0.6 is 0 Å². The Kier molecular flexibility index (Phi) is 15.8. The quantitative estimate of drug-likeness (QED) is 0.137. The van der Waals surface area contributed by atoms with Gasteiger partial charge >= 0.3 is 6.03 Å². The molecule has 268 valence electrons. The van der Waals surface area contributed by atoms with E-state index >= 15 is 0 Å². The third-order valence-electron chi connectivity index (χ3n) is 8.43. The Morgan fingerprint density at radius 3 is 2.06 bits per heavy atom. The number of hydrogen-bond donors (Lipinski definition) is 4. The Hall–Kier alpha value is -3.71. The molecule has 1 unspecified atom stereocenters. The summed E-state index contributed by atoms with van der Waals surface area (Å²) in [6.45, 7) is 6.03. The number of hydrogen-bond acceptors (Lipinski definition) is 7. The molecule has 3 rings (SSSR count). The zero-order valence-corrected chi connectivity index (χ0v) is 29.4. The second-order valence-corrected chi connectivity index (χ2v) is 14.7. The van der Waals surface area contributed by atoms with E-state index in [1.165, 1.54) is 0 Å².